The van der Waals surface area contributed by atoms with Crippen molar-refractivity contribution in [2.24, 2.45) is 16.8 Å². The van der Waals surface area contributed by atoms with Gasteiger partial charge in [0.15, 0.2) is 0 Å². The Bertz CT molecular complexity index is 597. The molecule has 5 heteroatoms. The van der Waals surface area contributed by atoms with Gasteiger partial charge in [0.2, 0.25) is 0 Å². The second-order valence-corrected chi connectivity index (χ2v) is 7.33. The van der Waals surface area contributed by atoms with E-state index in [1.807, 2.05) is 25.1 Å². The first kappa shape index (κ1) is 20.3. The van der Waals surface area contributed by atoms with Crippen molar-refractivity contribution in [1.82, 2.24) is 0 Å². The Morgan fingerprint density at radius 3 is 2.25 bits per heavy atom. The van der Waals surface area contributed by atoms with Crippen molar-refractivity contribution < 1.29 is 9.90 Å². The number of isothiocyanates is 1. The van der Waals surface area contributed by atoms with Crippen LogP contribution in [0.1, 0.15) is 52.5 Å². The number of rotatable bonds is 9. The average Bonchev–Trinajstić information content (AvgIpc) is 2.45. The minimum Gasteiger partial charge on any atom is -0.481 e. The third-order valence-corrected chi connectivity index (χ3v) is 3.82. The van der Waals surface area contributed by atoms with Gasteiger partial charge in [-0.1, -0.05) is 40.7 Å². The molecule has 24 heavy (non-hydrogen) atoms. The molecule has 1 unspecified atom stereocenters. The van der Waals surface area contributed by atoms with E-state index in [1.54, 1.807) is 0 Å². The first-order valence-electron chi connectivity index (χ1n) is 8.43. The highest BCUT2D eigenvalue weighted by Gasteiger charge is 2.17. The third kappa shape index (κ3) is 6.42. The molecule has 0 fully saturated rings. The molecule has 0 radical (unpaired) electrons. The number of nitrogens with zero attached hydrogens (tertiary/aromatic N) is 2. The fraction of sp³-hybridized carbons (Fsp3) is 0.579. The van der Waals surface area contributed by atoms with Gasteiger partial charge in [0.05, 0.1) is 23.0 Å². The summed E-state index contributed by atoms with van der Waals surface area (Å²) in [6, 6.07) is 5.97. The van der Waals surface area contributed by atoms with E-state index in [2.05, 4.69) is 42.7 Å². The number of carbonyl (C=O) groups is 1. The molecule has 0 bridgehead atoms. The van der Waals surface area contributed by atoms with Crippen LogP contribution in [0.25, 0.3) is 0 Å². The van der Waals surface area contributed by atoms with E-state index >= 15 is 0 Å². The van der Waals surface area contributed by atoms with Crippen molar-refractivity contribution in [3.63, 3.8) is 0 Å². The summed E-state index contributed by atoms with van der Waals surface area (Å²) in [6.45, 7) is 12.5. The highest BCUT2D eigenvalue weighted by atomic mass is 32.1. The van der Waals surface area contributed by atoms with E-state index in [9.17, 15) is 4.79 Å². The molecule has 0 heterocycles. The van der Waals surface area contributed by atoms with Crippen molar-refractivity contribution in [3.05, 3.63) is 23.8 Å². The lowest BCUT2D eigenvalue weighted by atomic mass is 9.96. The molecule has 0 spiro atoms. The molecule has 1 aromatic rings. The van der Waals surface area contributed by atoms with Crippen LogP contribution in [0.5, 0.6) is 0 Å². The number of aliphatic imine (C=N–C) groups is 1. The maximum absolute atomic E-state index is 11.0. The molecule has 4 nitrogen and oxygen atoms in total. The van der Waals surface area contributed by atoms with Crippen LogP contribution in [0.15, 0.2) is 23.2 Å². The number of thiocarbonyl (C=S) groups is 1. The van der Waals surface area contributed by atoms with E-state index in [-0.39, 0.29) is 12.3 Å². The van der Waals surface area contributed by atoms with Gasteiger partial charge in [0.1, 0.15) is 0 Å². The van der Waals surface area contributed by atoms with Crippen LogP contribution in [0.2, 0.25) is 0 Å². The van der Waals surface area contributed by atoms with E-state index in [0.29, 0.717) is 11.8 Å². The van der Waals surface area contributed by atoms with Gasteiger partial charge in [-0.05, 0) is 47.7 Å². The van der Waals surface area contributed by atoms with Crippen molar-refractivity contribution in [1.29, 1.82) is 0 Å². The van der Waals surface area contributed by atoms with Gasteiger partial charge in [-0.3, -0.25) is 4.79 Å². The number of benzene rings is 1. The fourth-order valence-electron chi connectivity index (χ4n) is 2.79. The molecule has 1 aromatic carbocycles. The normalized spacial score (nSPS) is 12.1. The molecule has 1 N–H and O–H groups in total. The van der Waals surface area contributed by atoms with Gasteiger partial charge < -0.3 is 10.0 Å². The van der Waals surface area contributed by atoms with Gasteiger partial charge in [-0.15, -0.1) is 0 Å². The minimum absolute atomic E-state index is 0.0701. The smallest absolute Gasteiger partial charge is 0.303 e. The topological polar surface area (TPSA) is 52.9 Å². The second-order valence-electron chi connectivity index (χ2n) is 7.14. The molecule has 0 amide bonds. The summed E-state index contributed by atoms with van der Waals surface area (Å²) in [4.78, 5) is 17.5. The molecule has 0 saturated carbocycles. The van der Waals surface area contributed by atoms with E-state index in [0.717, 1.165) is 30.0 Å². The first-order chi connectivity index (χ1) is 11.2. The summed E-state index contributed by atoms with van der Waals surface area (Å²) < 4.78 is 0. The molecule has 0 aromatic heterocycles. The molecule has 0 aliphatic heterocycles. The van der Waals surface area contributed by atoms with Gasteiger partial charge in [-0.25, -0.2) is 0 Å². The number of hydrogen-bond donors (Lipinski definition) is 1. The largest absolute Gasteiger partial charge is 0.481 e. The minimum atomic E-state index is -0.798. The maximum Gasteiger partial charge on any atom is 0.303 e. The molecule has 0 saturated heterocycles. The Morgan fingerprint density at radius 2 is 1.79 bits per heavy atom. The number of hydrogen-bond acceptors (Lipinski definition) is 4. The van der Waals surface area contributed by atoms with E-state index in [4.69, 9.17) is 17.3 Å². The van der Waals surface area contributed by atoms with Crippen LogP contribution in [-0.2, 0) is 4.79 Å². The van der Waals surface area contributed by atoms with Crippen molar-refractivity contribution in [2.45, 2.75) is 47.0 Å². The standard InChI is InChI=1S/C19H28N2O2S/c1-13(2)10-21(11-14(3)4)18-7-6-16(9-17(18)20-12-24)15(5)8-19(22)23/h6-7,9,13-15H,8,10-11H2,1-5H3,(H,22,23). The predicted octanol–water partition coefficient (Wildman–Crippen LogP) is 5.12. The Kier molecular flexibility index (Phi) is 8.09. The average molecular weight is 349 g/mol. The summed E-state index contributed by atoms with van der Waals surface area (Å²) in [7, 11) is 0. The van der Waals surface area contributed by atoms with E-state index < -0.39 is 5.97 Å². The monoisotopic (exact) mass is 348 g/mol. The number of carboxylic acid groups (broad SMARTS) is 1. The summed E-state index contributed by atoms with van der Waals surface area (Å²) >= 11 is 4.81. The van der Waals surface area contributed by atoms with Crippen LogP contribution in [-0.4, -0.2) is 29.3 Å². The van der Waals surface area contributed by atoms with Gasteiger partial charge in [0, 0.05) is 13.1 Å². The summed E-state index contributed by atoms with van der Waals surface area (Å²) in [5.74, 6) is 0.185. The predicted molar refractivity (Wildman–Crippen MR) is 104 cm³/mol. The summed E-state index contributed by atoms with van der Waals surface area (Å²) in [5.41, 5.74) is 2.75. The lowest BCUT2D eigenvalue weighted by Crippen LogP contribution is -2.31. The molecule has 1 atom stereocenters. The zero-order valence-electron chi connectivity index (χ0n) is 15.2. The number of anilines is 1. The molecular weight excluding hydrogens is 320 g/mol. The molecule has 1 rings (SSSR count). The third-order valence-electron chi connectivity index (χ3n) is 3.73. The van der Waals surface area contributed by atoms with Gasteiger partial charge in [-0.2, -0.15) is 4.99 Å². The Morgan fingerprint density at radius 1 is 1.21 bits per heavy atom. The molecule has 0 aliphatic rings. The Labute approximate surface area is 150 Å². The molecule has 132 valence electrons. The van der Waals surface area contributed by atoms with Gasteiger partial charge >= 0.3 is 5.97 Å². The SMILES string of the molecule is CC(C)CN(CC(C)C)c1ccc(C(C)CC(=O)O)cc1N=C=S. The quantitative estimate of drug-likeness (QED) is 0.497. The highest BCUT2D eigenvalue weighted by Crippen LogP contribution is 2.34. The lowest BCUT2D eigenvalue weighted by molar-refractivity contribution is -0.137. The second kappa shape index (κ2) is 9.55. The van der Waals surface area contributed by atoms with Crippen LogP contribution in [0, 0.1) is 11.8 Å². The highest BCUT2D eigenvalue weighted by molar-refractivity contribution is 7.78. The van der Waals surface area contributed by atoms with E-state index in [1.165, 1.54) is 0 Å². The van der Waals surface area contributed by atoms with Crippen LogP contribution < -0.4 is 4.90 Å². The van der Waals surface area contributed by atoms with Crippen LogP contribution in [0.4, 0.5) is 11.4 Å². The number of aliphatic carboxylic acids is 1. The lowest BCUT2D eigenvalue weighted by Gasteiger charge is -2.30. The summed E-state index contributed by atoms with van der Waals surface area (Å²) in [6.07, 6.45) is 0.0990. The number of carboxylic acids is 1. The summed E-state index contributed by atoms with van der Waals surface area (Å²) in [5, 5.41) is 11.5. The Balaban J connectivity index is 3.24. The fourth-order valence-corrected chi connectivity index (χ4v) is 2.88. The van der Waals surface area contributed by atoms with Crippen molar-refractivity contribution in [3.8, 4) is 0 Å². The van der Waals surface area contributed by atoms with Crippen LogP contribution >= 0.6 is 12.2 Å². The van der Waals surface area contributed by atoms with Crippen molar-refractivity contribution >= 4 is 34.7 Å². The van der Waals surface area contributed by atoms with Crippen LogP contribution in [0.3, 0.4) is 0 Å². The molecular formula is C19H28N2O2S. The maximum atomic E-state index is 11.0. The zero-order chi connectivity index (χ0) is 18.3. The van der Waals surface area contributed by atoms with Gasteiger partial charge in [0.25, 0.3) is 0 Å². The zero-order valence-corrected chi connectivity index (χ0v) is 16.1. The molecule has 0 aliphatic carbocycles. The van der Waals surface area contributed by atoms with Crippen molar-refractivity contribution in [2.75, 3.05) is 18.0 Å². The first-order valence-corrected chi connectivity index (χ1v) is 8.84. The Hall–Kier alpha value is -1.71.